The van der Waals surface area contributed by atoms with Gasteiger partial charge in [0, 0.05) is 0 Å². The number of aromatic carboxylic acids is 1. The van der Waals surface area contributed by atoms with Crippen LogP contribution >= 0.6 is 0 Å². The second kappa shape index (κ2) is 8.25. The van der Waals surface area contributed by atoms with Crippen molar-refractivity contribution in [3.8, 4) is 16.9 Å². The van der Waals surface area contributed by atoms with Crippen molar-refractivity contribution in [2.24, 2.45) is 0 Å². The lowest BCUT2D eigenvalue weighted by Gasteiger charge is -2.10. The summed E-state index contributed by atoms with van der Waals surface area (Å²) in [7, 11) is -0.264. The predicted molar refractivity (Wildman–Crippen MR) is 116 cm³/mol. The van der Waals surface area contributed by atoms with Crippen LogP contribution in [0.1, 0.15) is 10.4 Å². The fourth-order valence-corrected chi connectivity index (χ4v) is 5.38. The van der Waals surface area contributed by atoms with Crippen LogP contribution < -0.4 is 0 Å². The number of carbonyl (C=O) groups is 1. The summed E-state index contributed by atoms with van der Waals surface area (Å²) >= 11 is 0. The van der Waals surface area contributed by atoms with Gasteiger partial charge in [-0.25, -0.2) is 4.79 Å². The number of phenols is 1. The third-order valence-electron chi connectivity index (χ3n) is 4.62. The van der Waals surface area contributed by atoms with Gasteiger partial charge in [0.05, 0.1) is 10.9 Å². The zero-order chi connectivity index (χ0) is 20.2. The molecule has 0 aliphatic rings. The summed E-state index contributed by atoms with van der Waals surface area (Å²) in [4.78, 5) is 15.2. The molecule has 0 heterocycles. The van der Waals surface area contributed by atoms with Crippen LogP contribution in [-0.2, 0) is 10.9 Å². The molecule has 0 bridgehead atoms. The largest absolute Gasteiger partial charge is 0.507 e. The van der Waals surface area contributed by atoms with E-state index in [1.807, 2.05) is 60.7 Å². The van der Waals surface area contributed by atoms with Crippen molar-refractivity contribution in [1.82, 2.24) is 0 Å². The third kappa shape index (κ3) is 3.89. The van der Waals surface area contributed by atoms with Gasteiger partial charge in [-0.1, -0.05) is 48.5 Å². The highest BCUT2D eigenvalue weighted by Crippen LogP contribution is 2.34. The van der Waals surface area contributed by atoms with Gasteiger partial charge in [-0.3, -0.25) is 0 Å². The van der Waals surface area contributed by atoms with Crippen LogP contribution in [0, 0.1) is 0 Å². The molecule has 4 aromatic rings. The smallest absolute Gasteiger partial charge is 0.340 e. The summed E-state index contributed by atoms with van der Waals surface area (Å²) in [6.45, 7) is 0. The molecule has 0 aliphatic carbocycles. The molecule has 3 nitrogen and oxygen atoms in total. The van der Waals surface area contributed by atoms with E-state index in [-0.39, 0.29) is 22.2 Å². The first kappa shape index (κ1) is 18.8. The van der Waals surface area contributed by atoms with Crippen LogP contribution in [0.15, 0.2) is 118 Å². The van der Waals surface area contributed by atoms with E-state index >= 15 is 0 Å². The average molecular weight is 399 g/mol. The minimum Gasteiger partial charge on any atom is -0.507 e. The molecule has 0 radical (unpaired) electrons. The second-order valence-corrected chi connectivity index (χ2v) is 8.49. The fourth-order valence-electron chi connectivity index (χ4n) is 3.30. The molecule has 4 aromatic carbocycles. The van der Waals surface area contributed by atoms with Gasteiger partial charge >= 0.3 is 5.97 Å². The highest BCUT2D eigenvalue weighted by molar-refractivity contribution is 7.97. The molecule has 0 atom stereocenters. The zero-order valence-corrected chi connectivity index (χ0v) is 16.3. The number of rotatable bonds is 5. The molecular formula is C25H19O3S+. The summed E-state index contributed by atoms with van der Waals surface area (Å²) < 4.78 is 0. The summed E-state index contributed by atoms with van der Waals surface area (Å²) in [6.07, 6.45) is 0. The highest BCUT2D eigenvalue weighted by atomic mass is 32.2. The van der Waals surface area contributed by atoms with Crippen LogP contribution in [0.4, 0.5) is 0 Å². The van der Waals surface area contributed by atoms with Crippen LogP contribution in [0.25, 0.3) is 11.1 Å². The topological polar surface area (TPSA) is 57.5 Å². The first-order chi connectivity index (χ1) is 14.1. The molecule has 0 spiro atoms. The van der Waals surface area contributed by atoms with E-state index in [0.29, 0.717) is 5.56 Å². The number of benzene rings is 4. The predicted octanol–water partition coefficient (Wildman–Crippen LogP) is 5.85. The number of carboxylic acid groups (broad SMARTS) is 1. The molecule has 0 aromatic heterocycles. The van der Waals surface area contributed by atoms with Crippen molar-refractivity contribution in [3.05, 3.63) is 109 Å². The molecule has 0 aliphatic heterocycles. The molecule has 0 saturated heterocycles. The minimum atomic E-state index is -1.14. The summed E-state index contributed by atoms with van der Waals surface area (Å²) in [5.74, 6) is -1.37. The third-order valence-corrected chi connectivity index (χ3v) is 6.85. The molecule has 0 unspecified atom stereocenters. The Labute approximate surface area is 172 Å². The van der Waals surface area contributed by atoms with Gasteiger partial charge in [-0.2, -0.15) is 0 Å². The molecular weight excluding hydrogens is 380 g/mol. The van der Waals surface area contributed by atoms with Gasteiger partial charge in [0.15, 0.2) is 14.7 Å². The maximum absolute atomic E-state index is 11.6. The van der Waals surface area contributed by atoms with E-state index < -0.39 is 5.97 Å². The van der Waals surface area contributed by atoms with Crippen molar-refractivity contribution in [2.45, 2.75) is 14.7 Å². The molecule has 0 amide bonds. The Morgan fingerprint density at radius 1 is 0.621 bits per heavy atom. The molecule has 0 saturated carbocycles. The van der Waals surface area contributed by atoms with Crippen LogP contribution in [0.2, 0.25) is 0 Å². The van der Waals surface area contributed by atoms with Crippen LogP contribution in [-0.4, -0.2) is 16.2 Å². The average Bonchev–Trinajstić information content (AvgIpc) is 2.75. The van der Waals surface area contributed by atoms with E-state index in [0.717, 1.165) is 10.5 Å². The Morgan fingerprint density at radius 3 is 1.66 bits per heavy atom. The quantitative estimate of drug-likeness (QED) is 0.414. The number of aromatic hydroxyl groups is 1. The van der Waals surface area contributed by atoms with Gasteiger partial charge in [-0.05, 0) is 65.7 Å². The number of carboxylic acids is 1. The van der Waals surface area contributed by atoms with Crippen LogP contribution in [0.5, 0.6) is 5.75 Å². The van der Waals surface area contributed by atoms with E-state index in [4.69, 9.17) is 0 Å². The van der Waals surface area contributed by atoms with E-state index in [9.17, 15) is 15.0 Å². The van der Waals surface area contributed by atoms with E-state index in [1.165, 1.54) is 15.9 Å². The maximum Gasteiger partial charge on any atom is 0.340 e. The fraction of sp³-hybridized carbons (Fsp3) is 0. The first-order valence-electron chi connectivity index (χ1n) is 9.15. The van der Waals surface area contributed by atoms with Gasteiger partial charge in [0.25, 0.3) is 0 Å². The van der Waals surface area contributed by atoms with Crippen molar-refractivity contribution in [2.75, 3.05) is 0 Å². The molecule has 4 rings (SSSR count). The van der Waals surface area contributed by atoms with Crippen LogP contribution in [0.3, 0.4) is 0 Å². The summed E-state index contributed by atoms with van der Waals surface area (Å²) in [5.41, 5.74) is 1.18. The Morgan fingerprint density at radius 2 is 1.14 bits per heavy atom. The first-order valence-corrected chi connectivity index (χ1v) is 10.4. The molecule has 0 fully saturated rings. The molecule has 29 heavy (non-hydrogen) atoms. The lowest BCUT2D eigenvalue weighted by atomic mass is 9.99. The standard InChI is InChI=1S/C25H18O3S/c26-23-13-7-12-22(24(23)25(27)28)18-14-16-21(17-15-18)29(19-8-3-1-4-9-19)20-10-5-2-6-11-20/h1-17H,(H-,26,27,28)/p+1. The van der Waals surface area contributed by atoms with Gasteiger partial charge in [-0.15, -0.1) is 0 Å². The highest BCUT2D eigenvalue weighted by Gasteiger charge is 2.28. The second-order valence-electron chi connectivity index (χ2n) is 6.46. The lowest BCUT2D eigenvalue weighted by Crippen LogP contribution is -2.04. The normalized spacial score (nSPS) is 10.8. The van der Waals surface area contributed by atoms with Gasteiger partial charge in [0.2, 0.25) is 0 Å². The monoisotopic (exact) mass is 399 g/mol. The Hall–Kier alpha value is -3.50. The summed E-state index contributed by atoms with van der Waals surface area (Å²) in [5, 5.41) is 19.5. The Balaban J connectivity index is 1.78. The number of hydrogen-bond donors (Lipinski definition) is 2. The molecule has 4 heteroatoms. The molecule has 142 valence electrons. The summed E-state index contributed by atoms with van der Waals surface area (Å²) in [6, 6.07) is 33.4. The van der Waals surface area contributed by atoms with Crippen molar-refractivity contribution in [1.29, 1.82) is 0 Å². The Bertz CT molecular complexity index is 1080. The van der Waals surface area contributed by atoms with E-state index in [1.54, 1.807) is 12.1 Å². The zero-order valence-electron chi connectivity index (χ0n) is 15.5. The lowest BCUT2D eigenvalue weighted by molar-refractivity contribution is 0.0694. The Kier molecular flexibility index (Phi) is 5.36. The van der Waals surface area contributed by atoms with Gasteiger partial charge < -0.3 is 10.2 Å². The SMILES string of the molecule is O=C(O)c1c(O)cccc1-c1ccc([S+](c2ccccc2)c2ccccc2)cc1. The van der Waals surface area contributed by atoms with Crippen molar-refractivity contribution < 1.29 is 15.0 Å². The van der Waals surface area contributed by atoms with E-state index in [2.05, 4.69) is 24.3 Å². The maximum atomic E-state index is 11.6. The van der Waals surface area contributed by atoms with Crippen molar-refractivity contribution in [3.63, 3.8) is 0 Å². The minimum absolute atomic E-state index is 0.0784. The molecule has 2 N–H and O–H groups in total. The van der Waals surface area contributed by atoms with Crippen molar-refractivity contribution >= 4 is 16.9 Å². The number of hydrogen-bond acceptors (Lipinski definition) is 2. The van der Waals surface area contributed by atoms with Gasteiger partial charge in [0.1, 0.15) is 11.3 Å².